The van der Waals surface area contributed by atoms with Crippen LogP contribution in [-0.4, -0.2) is 11.2 Å². The lowest BCUT2D eigenvalue weighted by Gasteiger charge is -2.51. The van der Waals surface area contributed by atoms with Gasteiger partial charge in [0.25, 0.3) is 0 Å². The molecule has 0 saturated heterocycles. The van der Waals surface area contributed by atoms with Crippen molar-refractivity contribution in [2.24, 2.45) is 17.3 Å². The predicted molar refractivity (Wildman–Crippen MR) is 54.5 cm³/mol. The average molecular weight is 182 g/mol. The lowest BCUT2D eigenvalue weighted by atomic mass is 9.55. The van der Waals surface area contributed by atoms with E-state index in [1.54, 1.807) is 0 Å². The maximum atomic E-state index is 9.99. The molecule has 4 atom stereocenters. The fourth-order valence-electron chi connectivity index (χ4n) is 3.63. The molecule has 1 N–H and O–H groups in total. The minimum absolute atomic E-state index is 0.00139. The Kier molecular flexibility index (Phi) is 2.39. The molecular formula is C12H22O. The van der Waals surface area contributed by atoms with Crippen molar-refractivity contribution < 1.29 is 5.11 Å². The zero-order valence-electron chi connectivity index (χ0n) is 8.92. The third-order valence-electron chi connectivity index (χ3n) is 4.80. The fraction of sp³-hybridized carbons (Fsp3) is 1.00. The molecule has 0 bridgehead atoms. The van der Waals surface area contributed by atoms with Crippen LogP contribution < -0.4 is 0 Å². The van der Waals surface area contributed by atoms with Crippen LogP contribution in [0.5, 0.6) is 0 Å². The van der Waals surface area contributed by atoms with Gasteiger partial charge in [0.15, 0.2) is 0 Å². The van der Waals surface area contributed by atoms with Gasteiger partial charge < -0.3 is 5.11 Å². The molecule has 2 aliphatic rings. The number of rotatable bonds is 0. The Morgan fingerprint density at radius 1 is 1.15 bits per heavy atom. The Balaban J connectivity index is 2.19. The second kappa shape index (κ2) is 3.27. The van der Waals surface area contributed by atoms with Gasteiger partial charge in [-0.25, -0.2) is 0 Å². The topological polar surface area (TPSA) is 20.2 Å². The first-order chi connectivity index (χ1) is 6.14. The van der Waals surface area contributed by atoms with E-state index in [9.17, 15) is 5.11 Å². The summed E-state index contributed by atoms with van der Waals surface area (Å²) in [7, 11) is 0. The van der Waals surface area contributed by atoms with Gasteiger partial charge in [0.2, 0.25) is 0 Å². The average Bonchev–Trinajstić information content (AvgIpc) is 2.08. The first-order valence-electron chi connectivity index (χ1n) is 5.82. The van der Waals surface area contributed by atoms with Gasteiger partial charge in [-0.1, -0.05) is 33.1 Å². The molecule has 2 aliphatic carbocycles. The fourth-order valence-corrected chi connectivity index (χ4v) is 3.63. The summed E-state index contributed by atoms with van der Waals surface area (Å²) in [5.41, 5.74) is 0.454. The van der Waals surface area contributed by atoms with Crippen LogP contribution in [0.1, 0.15) is 52.4 Å². The lowest BCUT2D eigenvalue weighted by molar-refractivity contribution is -0.0725. The summed E-state index contributed by atoms with van der Waals surface area (Å²) in [5, 5.41) is 9.99. The standard InChI is InChI=1S/C12H22O/c1-9-5-3-6-10-11(13)7-4-8-12(9,10)2/h9-11,13H,3-8H2,1-2H3/t9-,10?,11?,12+/m0/s1. The van der Waals surface area contributed by atoms with Crippen LogP contribution >= 0.6 is 0 Å². The van der Waals surface area contributed by atoms with Gasteiger partial charge >= 0.3 is 0 Å². The molecule has 0 amide bonds. The van der Waals surface area contributed by atoms with Crippen molar-refractivity contribution in [3.8, 4) is 0 Å². The Morgan fingerprint density at radius 3 is 2.62 bits per heavy atom. The van der Waals surface area contributed by atoms with E-state index in [-0.39, 0.29) is 6.10 Å². The summed E-state index contributed by atoms with van der Waals surface area (Å²) in [4.78, 5) is 0. The van der Waals surface area contributed by atoms with Gasteiger partial charge in [-0.2, -0.15) is 0 Å². The van der Waals surface area contributed by atoms with Gasteiger partial charge in [-0.3, -0.25) is 0 Å². The Morgan fingerprint density at radius 2 is 1.92 bits per heavy atom. The van der Waals surface area contributed by atoms with E-state index in [1.165, 1.54) is 32.1 Å². The summed E-state index contributed by atoms with van der Waals surface area (Å²) >= 11 is 0. The smallest absolute Gasteiger partial charge is 0.0573 e. The third kappa shape index (κ3) is 1.41. The van der Waals surface area contributed by atoms with Crippen LogP contribution in [0.4, 0.5) is 0 Å². The third-order valence-corrected chi connectivity index (χ3v) is 4.80. The van der Waals surface area contributed by atoms with Crippen LogP contribution in [0, 0.1) is 17.3 Å². The SMILES string of the molecule is C[C@H]1CCCC2C(O)CCC[C@@]21C. The van der Waals surface area contributed by atoms with E-state index >= 15 is 0 Å². The van der Waals surface area contributed by atoms with E-state index in [0.29, 0.717) is 11.3 Å². The highest BCUT2D eigenvalue weighted by molar-refractivity contribution is 4.96. The van der Waals surface area contributed by atoms with Gasteiger partial charge in [-0.15, -0.1) is 0 Å². The van der Waals surface area contributed by atoms with Gasteiger partial charge in [0.05, 0.1) is 6.10 Å². The highest BCUT2D eigenvalue weighted by Crippen LogP contribution is 2.52. The first-order valence-corrected chi connectivity index (χ1v) is 5.82. The molecular weight excluding hydrogens is 160 g/mol. The molecule has 2 fully saturated rings. The molecule has 2 saturated carbocycles. The van der Waals surface area contributed by atoms with Gasteiger partial charge in [0, 0.05) is 0 Å². The van der Waals surface area contributed by atoms with Crippen molar-refractivity contribution in [2.45, 2.75) is 58.5 Å². The Hall–Kier alpha value is -0.0400. The lowest BCUT2D eigenvalue weighted by Crippen LogP contribution is -2.46. The minimum Gasteiger partial charge on any atom is -0.393 e. The van der Waals surface area contributed by atoms with E-state index in [0.717, 1.165) is 12.3 Å². The molecule has 0 aromatic rings. The van der Waals surface area contributed by atoms with E-state index in [1.807, 2.05) is 0 Å². The van der Waals surface area contributed by atoms with Crippen molar-refractivity contribution >= 4 is 0 Å². The molecule has 0 aliphatic heterocycles. The summed E-state index contributed by atoms with van der Waals surface area (Å²) in [6.45, 7) is 4.79. The molecule has 76 valence electrons. The molecule has 0 spiro atoms. The summed E-state index contributed by atoms with van der Waals surface area (Å²) in [6, 6.07) is 0. The van der Waals surface area contributed by atoms with Crippen LogP contribution in [0.25, 0.3) is 0 Å². The van der Waals surface area contributed by atoms with Gasteiger partial charge in [-0.05, 0) is 36.5 Å². The first kappa shape index (κ1) is 9.51. The zero-order valence-corrected chi connectivity index (χ0v) is 8.92. The molecule has 2 rings (SSSR count). The zero-order chi connectivity index (χ0) is 9.47. The number of hydrogen-bond acceptors (Lipinski definition) is 1. The summed E-state index contributed by atoms with van der Waals surface area (Å²) < 4.78 is 0. The highest BCUT2D eigenvalue weighted by Gasteiger charge is 2.46. The number of aliphatic hydroxyl groups is 1. The van der Waals surface area contributed by atoms with Crippen LogP contribution in [0.3, 0.4) is 0 Å². The predicted octanol–water partition coefficient (Wildman–Crippen LogP) is 2.97. The minimum atomic E-state index is 0.00139. The summed E-state index contributed by atoms with van der Waals surface area (Å²) in [5.74, 6) is 1.42. The van der Waals surface area contributed by atoms with Crippen molar-refractivity contribution in [3.05, 3.63) is 0 Å². The normalized spacial score (nSPS) is 51.5. The molecule has 13 heavy (non-hydrogen) atoms. The largest absolute Gasteiger partial charge is 0.393 e. The van der Waals surface area contributed by atoms with Gasteiger partial charge in [0.1, 0.15) is 0 Å². The monoisotopic (exact) mass is 182 g/mol. The number of fused-ring (bicyclic) bond motifs is 1. The van der Waals surface area contributed by atoms with Crippen LogP contribution in [0.2, 0.25) is 0 Å². The van der Waals surface area contributed by atoms with Crippen LogP contribution in [-0.2, 0) is 0 Å². The molecule has 1 heteroatoms. The van der Waals surface area contributed by atoms with Crippen molar-refractivity contribution in [1.29, 1.82) is 0 Å². The van der Waals surface area contributed by atoms with E-state index in [2.05, 4.69) is 13.8 Å². The second-order valence-electron chi connectivity index (χ2n) is 5.40. The van der Waals surface area contributed by atoms with Crippen molar-refractivity contribution in [1.82, 2.24) is 0 Å². The van der Waals surface area contributed by atoms with E-state index < -0.39 is 0 Å². The molecule has 0 heterocycles. The highest BCUT2D eigenvalue weighted by atomic mass is 16.3. The van der Waals surface area contributed by atoms with E-state index in [4.69, 9.17) is 0 Å². The summed E-state index contributed by atoms with van der Waals surface area (Å²) in [6.07, 6.45) is 7.60. The maximum absolute atomic E-state index is 9.99. The Bertz CT molecular complexity index is 190. The number of aliphatic hydroxyl groups excluding tert-OH is 1. The molecule has 2 unspecified atom stereocenters. The molecule has 0 aromatic heterocycles. The van der Waals surface area contributed by atoms with Crippen molar-refractivity contribution in [2.75, 3.05) is 0 Å². The quantitative estimate of drug-likeness (QED) is 0.610. The molecule has 1 nitrogen and oxygen atoms in total. The van der Waals surface area contributed by atoms with Crippen LogP contribution in [0.15, 0.2) is 0 Å². The molecule has 0 radical (unpaired) electrons. The second-order valence-corrected chi connectivity index (χ2v) is 5.40. The number of hydrogen-bond donors (Lipinski definition) is 1. The van der Waals surface area contributed by atoms with Crippen molar-refractivity contribution in [3.63, 3.8) is 0 Å². The molecule has 0 aromatic carbocycles. The Labute approximate surface area is 81.5 Å². The maximum Gasteiger partial charge on any atom is 0.0573 e.